The van der Waals surface area contributed by atoms with Crippen LogP contribution >= 0.6 is 0 Å². The zero-order valence-corrected chi connectivity index (χ0v) is 11.2. The average molecular weight is 269 g/mol. The summed E-state index contributed by atoms with van der Waals surface area (Å²) < 4.78 is 1.51. The van der Waals surface area contributed by atoms with Crippen LogP contribution in [0.3, 0.4) is 0 Å². The second-order valence-electron chi connectivity index (χ2n) is 4.34. The Labute approximate surface area is 111 Å². The van der Waals surface area contributed by atoms with Crippen molar-refractivity contribution in [2.24, 2.45) is 5.73 Å². The summed E-state index contributed by atoms with van der Waals surface area (Å²) in [4.78, 5) is 23.9. The Kier molecular flexibility index (Phi) is 5.43. The number of amides is 1. The maximum atomic E-state index is 11.4. The van der Waals surface area contributed by atoms with Gasteiger partial charge in [0, 0.05) is 33.5 Å². The van der Waals surface area contributed by atoms with Crippen LogP contribution in [0, 0.1) is 0 Å². The van der Waals surface area contributed by atoms with Gasteiger partial charge in [0.2, 0.25) is 5.91 Å². The molecule has 0 radical (unpaired) electrons. The van der Waals surface area contributed by atoms with Gasteiger partial charge in [-0.05, 0) is 13.0 Å². The highest BCUT2D eigenvalue weighted by molar-refractivity contribution is 5.86. The fourth-order valence-corrected chi connectivity index (χ4v) is 1.67. The fraction of sp³-hybridized carbons (Fsp3) is 0.636. The number of carbonyl (C=O) groups excluding carboxylic acids is 1. The summed E-state index contributed by atoms with van der Waals surface area (Å²) in [5.41, 5.74) is 5.89. The Morgan fingerprint density at radius 3 is 2.63 bits per heavy atom. The molecule has 0 saturated heterocycles. The number of hydrogen-bond donors (Lipinski definition) is 2. The number of nitrogens with two attached hydrogens (primary N) is 1. The molecule has 0 spiro atoms. The highest BCUT2D eigenvalue weighted by atomic mass is 16.4. The van der Waals surface area contributed by atoms with E-state index in [2.05, 4.69) is 10.3 Å². The molecule has 1 aromatic rings. The maximum absolute atomic E-state index is 11.4. The quantitative estimate of drug-likeness (QED) is 0.679. The first-order chi connectivity index (χ1) is 8.97. The van der Waals surface area contributed by atoms with E-state index >= 15 is 0 Å². The maximum Gasteiger partial charge on any atom is 0.358 e. The van der Waals surface area contributed by atoms with Crippen molar-refractivity contribution in [2.45, 2.75) is 25.8 Å². The zero-order valence-electron chi connectivity index (χ0n) is 11.2. The van der Waals surface area contributed by atoms with Gasteiger partial charge >= 0.3 is 5.97 Å². The van der Waals surface area contributed by atoms with Gasteiger partial charge in [-0.3, -0.25) is 4.79 Å². The van der Waals surface area contributed by atoms with Crippen LogP contribution in [0.2, 0.25) is 0 Å². The summed E-state index contributed by atoms with van der Waals surface area (Å²) in [5, 5.41) is 16.4. The van der Waals surface area contributed by atoms with Crippen molar-refractivity contribution in [1.82, 2.24) is 19.9 Å². The minimum absolute atomic E-state index is 0.0268. The molecule has 8 heteroatoms. The number of rotatable bonds is 7. The van der Waals surface area contributed by atoms with Crippen LogP contribution in [0.5, 0.6) is 0 Å². The number of carboxylic acid groups (broad SMARTS) is 1. The van der Waals surface area contributed by atoms with E-state index in [-0.39, 0.29) is 11.6 Å². The van der Waals surface area contributed by atoms with Crippen molar-refractivity contribution in [3.63, 3.8) is 0 Å². The van der Waals surface area contributed by atoms with Crippen molar-refractivity contribution < 1.29 is 14.7 Å². The van der Waals surface area contributed by atoms with Crippen molar-refractivity contribution >= 4 is 11.9 Å². The van der Waals surface area contributed by atoms with Crippen LogP contribution in [-0.2, 0) is 17.8 Å². The number of nitrogens with zero attached hydrogens (tertiary/aromatic N) is 4. The van der Waals surface area contributed by atoms with Crippen molar-refractivity contribution in [1.29, 1.82) is 0 Å². The Bertz CT molecular complexity index is 455. The smallest absolute Gasteiger partial charge is 0.358 e. The predicted octanol–water partition coefficient (Wildman–Crippen LogP) is -0.654. The number of carboxylic acids is 1. The molecule has 0 atom stereocenters. The molecule has 1 aromatic heterocycles. The number of aromatic carboxylic acids is 1. The first-order valence-corrected chi connectivity index (χ1v) is 6.03. The summed E-state index contributed by atoms with van der Waals surface area (Å²) in [7, 11) is 3.39. The van der Waals surface area contributed by atoms with E-state index in [1.807, 2.05) is 0 Å². The minimum Gasteiger partial charge on any atom is -0.476 e. The Morgan fingerprint density at radius 1 is 1.42 bits per heavy atom. The summed E-state index contributed by atoms with van der Waals surface area (Å²) in [6.45, 7) is 0.777. The lowest BCUT2D eigenvalue weighted by Gasteiger charge is -2.10. The van der Waals surface area contributed by atoms with Crippen LogP contribution in [-0.4, -0.2) is 57.5 Å². The molecule has 1 heterocycles. The molecule has 3 N–H and O–H groups in total. The van der Waals surface area contributed by atoms with Gasteiger partial charge in [-0.15, -0.1) is 5.10 Å². The molecule has 19 heavy (non-hydrogen) atoms. The highest BCUT2D eigenvalue weighted by Crippen LogP contribution is 2.08. The van der Waals surface area contributed by atoms with E-state index < -0.39 is 5.97 Å². The van der Waals surface area contributed by atoms with Crippen LogP contribution in [0.4, 0.5) is 0 Å². The molecule has 0 aliphatic heterocycles. The van der Waals surface area contributed by atoms with Gasteiger partial charge in [0.15, 0.2) is 5.69 Å². The molecule has 0 unspecified atom stereocenters. The lowest BCUT2D eigenvalue weighted by Crippen LogP contribution is -2.22. The zero-order chi connectivity index (χ0) is 14.4. The van der Waals surface area contributed by atoms with Crippen LogP contribution in [0.1, 0.15) is 29.0 Å². The third kappa shape index (κ3) is 4.02. The van der Waals surface area contributed by atoms with Gasteiger partial charge in [-0.25, -0.2) is 9.48 Å². The molecule has 1 amide bonds. The van der Waals surface area contributed by atoms with E-state index in [0.717, 1.165) is 0 Å². The topological polar surface area (TPSA) is 114 Å². The Balaban J connectivity index is 2.68. The second-order valence-corrected chi connectivity index (χ2v) is 4.34. The summed E-state index contributed by atoms with van der Waals surface area (Å²) >= 11 is 0. The highest BCUT2D eigenvalue weighted by Gasteiger charge is 2.18. The first kappa shape index (κ1) is 15.1. The normalized spacial score (nSPS) is 10.5. The molecular formula is C11H19N5O3. The number of hydrogen-bond acceptors (Lipinski definition) is 5. The van der Waals surface area contributed by atoms with Crippen molar-refractivity contribution in [3.05, 3.63) is 11.4 Å². The van der Waals surface area contributed by atoms with Crippen LogP contribution < -0.4 is 5.73 Å². The lowest BCUT2D eigenvalue weighted by molar-refractivity contribution is -0.128. The number of aryl methyl sites for hydroxylation is 1. The molecule has 0 aliphatic carbocycles. The minimum atomic E-state index is -1.11. The molecule has 0 bridgehead atoms. The van der Waals surface area contributed by atoms with E-state index in [9.17, 15) is 9.59 Å². The van der Waals surface area contributed by atoms with E-state index in [1.54, 1.807) is 14.1 Å². The SMILES string of the molecule is CN(C)C(=O)CCCn1nnc(C(=O)O)c1CCN. The standard InChI is InChI=1S/C11H19N5O3/c1-15(2)9(17)4-3-7-16-8(5-6-12)10(11(18)19)13-14-16/h3-7,12H2,1-2H3,(H,18,19). The molecule has 1 rings (SSSR count). The molecule has 0 aliphatic rings. The van der Waals surface area contributed by atoms with Gasteiger partial charge in [0.1, 0.15) is 0 Å². The predicted molar refractivity (Wildman–Crippen MR) is 67.7 cm³/mol. The largest absolute Gasteiger partial charge is 0.476 e. The summed E-state index contributed by atoms with van der Waals surface area (Å²) in [6.07, 6.45) is 1.37. The molecule has 8 nitrogen and oxygen atoms in total. The number of carbonyl (C=O) groups is 2. The molecule has 106 valence electrons. The van der Waals surface area contributed by atoms with E-state index in [1.165, 1.54) is 9.58 Å². The van der Waals surface area contributed by atoms with Gasteiger partial charge < -0.3 is 15.7 Å². The van der Waals surface area contributed by atoms with Crippen LogP contribution in [0.15, 0.2) is 0 Å². The van der Waals surface area contributed by atoms with Gasteiger partial charge in [0.25, 0.3) is 0 Å². The number of aromatic nitrogens is 3. The van der Waals surface area contributed by atoms with Crippen molar-refractivity contribution in [2.75, 3.05) is 20.6 Å². The van der Waals surface area contributed by atoms with E-state index in [0.29, 0.717) is 38.0 Å². The summed E-state index contributed by atoms with van der Waals surface area (Å²) in [6, 6.07) is 0. The lowest BCUT2D eigenvalue weighted by atomic mass is 10.2. The third-order valence-electron chi connectivity index (χ3n) is 2.68. The molecule has 0 fully saturated rings. The molecular weight excluding hydrogens is 250 g/mol. The fourth-order valence-electron chi connectivity index (χ4n) is 1.67. The monoisotopic (exact) mass is 269 g/mol. The van der Waals surface area contributed by atoms with Crippen LogP contribution in [0.25, 0.3) is 0 Å². The second kappa shape index (κ2) is 6.83. The third-order valence-corrected chi connectivity index (χ3v) is 2.68. The van der Waals surface area contributed by atoms with Gasteiger partial charge in [0.05, 0.1) is 5.69 Å². The summed E-state index contributed by atoms with van der Waals surface area (Å²) in [5.74, 6) is -1.09. The van der Waals surface area contributed by atoms with Gasteiger partial charge in [-0.1, -0.05) is 5.21 Å². The molecule has 0 saturated carbocycles. The van der Waals surface area contributed by atoms with Gasteiger partial charge in [-0.2, -0.15) is 0 Å². The molecule has 0 aromatic carbocycles. The van der Waals surface area contributed by atoms with E-state index in [4.69, 9.17) is 10.8 Å². The Morgan fingerprint density at radius 2 is 2.11 bits per heavy atom. The first-order valence-electron chi connectivity index (χ1n) is 6.03. The van der Waals surface area contributed by atoms with Crippen molar-refractivity contribution in [3.8, 4) is 0 Å². The average Bonchev–Trinajstić information content (AvgIpc) is 2.73. The Hall–Kier alpha value is -1.96.